The summed E-state index contributed by atoms with van der Waals surface area (Å²) in [6.07, 6.45) is 3.68. The van der Waals surface area contributed by atoms with Gasteiger partial charge in [-0.2, -0.15) is 0 Å². The van der Waals surface area contributed by atoms with E-state index in [1.165, 1.54) is 5.56 Å². The third kappa shape index (κ3) is 3.58. The van der Waals surface area contributed by atoms with E-state index in [1.807, 2.05) is 12.4 Å². The Labute approximate surface area is 98.5 Å². The van der Waals surface area contributed by atoms with E-state index in [0.29, 0.717) is 6.54 Å². The van der Waals surface area contributed by atoms with Crippen LogP contribution in [0.1, 0.15) is 33.3 Å². The Kier molecular flexibility index (Phi) is 4.05. The maximum absolute atomic E-state index is 5.70. The number of hydrogen-bond acceptors (Lipinski definition) is 3. The summed E-state index contributed by atoms with van der Waals surface area (Å²) in [6.45, 7) is 10.2. The van der Waals surface area contributed by atoms with Gasteiger partial charge >= 0.3 is 0 Å². The SMILES string of the molecule is CC(C)(CN)NCC(C)(C)c1ccncc1. The Hall–Kier alpha value is -0.930. The molecule has 0 aromatic carbocycles. The molecule has 0 aliphatic rings. The van der Waals surface area contributed by atoms with Crippen molar-refractivity contribution in [3.05, 3.63) is 30.1 Å². The topological polar surface area (TPSA) is 50.9 Å². The molecule has 3 N–H and O–H groups in total. The van der Waals surface area contributed by atoms with Crippen molar-refractivity contribution in [1.82, 2.24) is 10.3 Å². The van der Waals surface area contributed by atoms with Crippen molar-refractivity contribution in [1.29, 1.82) is 0 Å². The maximum atomic E-state index is 5.70. The number of nitrogens with two attached hydrogens (primary N) is 1. The molecule has 0 bridgehead atoms. The van der Waals surface area contributed by atoms with Gasteiger partial charge < -0.3 is 11.1 Å². The Bertz CT molecular complexity index is 317. The van der Waals surface area contributed by atoms with E-state index in [4.69, 9.17) is 5.73 Å². The zero-order chi connectivity index (χ0) is 12.2. The van der Waals surface area contributed by atoms with Gasteiger partial charge in [0.1, 0.15) is 0 Å². The predicted molar refractivity (Wildman–Crippen MR) is 68.4 cm³/mol. The lowest BCUT2D eigenvalue weighted by molar-refractivity contribution is 0.347. The summed E-state index contributed by atoms with van der Waals surface area (Å²) in [5, 5.41) is 3.50. The largest absolute Gasteiger partial charge is 0.329 e. The monoisotopic (exact) mass is 221 g/mol. The third-order valence-electron chi connectivity index (χ3n) is 2.98. The Morgan fingerprint density at radius 3 is 2.25 bits per heavy atom. The van der Waals surface area contributed by atoms with Crippen LogP contribution >= 0.6 is 0 Å². The van der Waals surface area contributed by atoms with Crippen molar-refractivity contribution in [2.75, 3.05) is 13.1 Å². The number of hydrogen-bond donors (Lipinski definition) is 2. The molecule has 0 saturated heterocycles. The van der Waals surface area contributed by atoms with Crippen LogP contribution in [-0.4, -0.2) is 23.6 Å². The molecule has 1 rings (SSSR count). The first-order valence-electron chi connectivity index (χ1n) is 5.73. The molecule has 0 saturated carbocycles. The Balaban J connectivity index is 2.66. The fourth-order valence-electron chi connectivity index (χ4n) is 1.44. The summed E-state index contributed by atoms with van der Waals surface area (Å²) in [4.78, 5) is 4.04. The second-order valence-corrected chi connectivity index (χ2v) is 5.56. The molecule has 0 aliphatic carbocycles. The van der Waals surface area contributed by atoms with Crippen molar-refractivity contribution < 1.29 is 0 Å². The maximum Gasteiger partial charge on any atom is 0.0270 e. The first-order valence-corrected chi connectivity index (χ1v) is 5.73. The summed E-state index contributed by atoms with van der Waals surface area (Å²) in [5.41, 5.74) is 7.08. The standard InChI is InChI=1S/C13H23N3/c1-12(2,10-16-13(3,4)9-14)11-5-7-15-8-6-11/h5-8,16H,9-10,14H2,1-4H3. The lowest BCUT2D eigenvalue weighted by Gasteiger charge is -2.32. The van der Waals surface area contributed by atoms with E-state index < -0.39 is 0 Å². The highest BCUT2D eigenvalue weighted by Gasteiger charge is 2.24. The van der Waals surface area contributed by atoms with Crippen molar-refractivity contribution in [2.24, 2.45) is 5.73 Å². The molecule has 3 nitrogen and oxygen atoms in total. The van der Waals surface area contributed by atoms with Crippen LogP contribution in [-0.2, 0) is 5.41 Å². The number of nitrogens with zero attached hydrogens (tertiary/aromatic N) is 1. The minimum atomic E-state index is -0.00962. The van der Waals surface area contributed by atoms with E-state index in [1.54, 1.807) is 0 Å². The van der Waals surface area contributed by atoms with E-state index in [-0.39, 0.29) is 11.0 Å². The summed E-state index contributed by atoms with van der Waals surface area (Å²) in [7, 11) is 0. The lowest BCUT2D eigenvalue weighted by atomic mass is 9.84. The van der Waals surface area contributed by atoms with Gasteiger partial charge in [0.2, 0.25) is 0 Å². The average Bonchev–Trinajstić information content (AvgIpc) is 2.28. The second-order valence-electron chi connectivity index (χ2n) is 5.56. The van der Waals surface area contributed by atoms with E-state index in [2.05, 4.69) is 50.1 Å². The zero-order valence-corrected chi connectivity index (χ0v) is 10.7. The van der Waals surface area contributed by atoms with Crippen molar-refractivity contribution in [2.45, 2.75) is 38.6 Å². The summed E-state index contributed by atoms with van der Waals surface area (Å²) in [5.74, 6) is 0. The molecular formula is C13H23N3. The van der Waals surface area contributed by atoms with Gasteiger partial charge in [0, 0.05) is 36.4 Å². The highest BCUT2D eigenvalue weighted by Crippen LogP contribution is 2.22. The molecule has 1 heterocycles. The molecule has 0 spiro atoms. The molecular weight excluding hydrogens is 198 g/mol. The summed E-state index contributed by atoms with van der Waals surface area (Å²) < 4.78 is 0. The van der Waals surface area contributed by atoms with Crippen LogP contribution in [0.3, 0.4) is 0 Å². The van der Waals surface area contributed by atoms with Crippen LogP contribution < -0.4 is 11.1 Å². The van der Waals surface area contributed by atoms with E-state index >= 15 is 0 Å². The number of rotatable bonds is 5. The van der Waals surface area contributed by atoms with Gasteiger partial charge in [-0.1, -0.05) is 13.8 Å². The molecule has 0 amide bonds. The van der Waals surface area contributed by atoms with Crippen LogP contribution in [0.5, 0.6) is 0 Å². The first kappa shape index (κ1) is 13.1. The van der Waals surface area contributed by atoms with Crippen molar-refractivity contribution in [3.63, 3.8) is 0 Å². The number of nitrogens with one attached hydrogen (secondary N) is 1. The first-order chi connectivity index (χ1) is 7.37. The minimum absolute atomic E-state index is 0.00962. The third-order valence-corrected chi connectivity index (χ3v) is 2.98. The minimum Gasteiger partial charge on any atom is -0.329 e. The van der Waals surface area contributed by atoms with Gasteiger partial charge in [0.15, 0.2) is 0 Å². The molecule has 3 heteroatoms. The van der Waals surface area contributed by atoms with Gasteiger partial charge in [0.25, 0.3) is 0 Å². The molecule has 0 unspecified atom stereocenters. The zero-order valence-electron chi connectivity index (χ0n) is 10.7. The fourth-order valence-corrected chi connectivity index (χ4v) is 1.44. The van der Waals surface area contributed by atoms with Gasteiger partial charge in [-0.15, -0.1) is 0 Å². The molecule has 0 fully saturated rings. The molecule has 0 radical (unpaired) electrons. The quantitative estimate of drug-likeness (QED) is 0.795. The summed E-state index contributed by atoms with van der Waals surface area (Å²) in [6, 6.07) is 4.13. The van der Waals surface area contributed by atoms with Gasteiger partial charge in [-0.05, 0) is 31.5 Å². The number of aromatic nitrogens is 1. The lowest BCUT2D eigenvalue weighted by Crippen LogP contribution is -2.50. The molecule has 16 heavy (non-hydrogen) atoms. The van der Waals surface area contributed by atoms with Crippen LogP contribution in [0, 0.1) is 0 Å². The van der Waals surface area contributed by atoms with Gasteiger partial charge in [-0.25, -0.2) is 0 Å². The van der Waals surface area contributed by atoms with Crippen LogP contribution in [0.2, 0.25) is 0 Å². The highest BCUT2D eigenvalue weighted by atomic mass is 15.0. The Morgan fingerprint density at radius 1 is 1.19 bits per heavy atom. The normalized spacial score (nSPS) is 12.8. The van der Waals surface area contributed by atoms with Crippen LogP contribution in [0.4, 0.5) is 0 Å². The van der Waals surface area contributed by atoms with E-state index in [9.17, 15) is 0 Å². The Morgan fingerprint density at radius 2 is 1.75 bits per heavy atom. The molecule has 0 aliphatic heterocycles. The smallest absolute Gasteiger partial charge is 0.0270 e. The van der Waals surface area contributed by atoms with Gasteiger partial charge in [-0.3, -0.25) is 4.98 Å². The average molecular weight is 221 g/mol. The van der Waals surface area contributed by atoms with E-state index in [0.717, 1.165) is 6.54 Å². The number of pyridine rings is 1. The highest BCUT2D eigenvalue weighted by molar-refractivity contribution is 5.21. The molecule has 0 atom stereocenters. The molecule has 90 valence electrons. The van der Waals surface area contributed by atoms with Crippen LogP contribution in [0.15, 0.2) is 24.5 Å². The van der Waals surface area contributed by atoms with Crippen molar-refractivity contribution in [3.8, 4) is 0 Å². The molecule has 1 aromatic rings. The fraction of sp³-hybridized carbons (Fsp3) is 0.615. The predicted octanol–water partition coefficient (Wildman–Crippen LogP) is 1.69. The van der Waals surface area contributed by atoms with Crippen molar-refractivity contribution >= 4 is 0 Å². The summed E-state index contributed by atoms with van der Waals surface area (Å²) >= 11 is 0. The second kappa shape index (κ2) is 4.93. The van der Waals surface area contributed by atoms with Crippen LogP contribution in [0.25, 0.3) is 0 Å². The molecule has 1 aromatic heterocycles. The van der Waals surface area contributed by atoms with Gasteiger partial charge in [0.05, 0.1) is 0 Å².